The Morgan fingerprint density at radius 2 is 1.94 bits per heavy atom. The number of fused-ring (bicyclic) bond motifs is 4. The van der Waals surface area contributed by atoms with E-state index >= 15 is 0 Å². The maximum atomic E-state index is 12.4. The Bertz CT molecular complexity index is 478. The third-order valence-corrected chi connectivity index (χ3v) is 4.55. The van der Waals surface area contributed by atoms with Crippen LogP contribution >= 0.6 is 0 Å². The Morgan fingerprint density at radius 3 is 2.76 bits per heavy atom. The van der Waals surface area contributed by atoms with Gasteiger partial charge < -0.3 is 4.90 Å². The predicted octanol–water partition coefficient (Wildman–Crippen LogP) is 2.68. The van der Waals surface area contributed by atoms with Crippen molar-refractivity contribution < 1.29 is 4.79 Å². The van der Waals surface area contributed by atoms with Gasteiger partial charge in [0.25, 0.3) is 0 Å². The lowest BCUT2D eigenvalue weighted by molar-refractivity contribution is -0.136. The van der Waals surface area contributed by atoms with Crippen molar-refractivity contribution in [3.05, 3.63) is 35.4 Å². The number of carbonyl (C=O) groups excluding carboxylic acids is 1. The second-order valence-corrected chi connectivity index (χ2v) is 5.67. The molecule has 0 N–H and O–H groups in total. The summed E-state index contributed by atoms with van der Waals surface area (Å²) in [4.78, 5) is 14.6. The second kappa shape index (κ2) is 3.34. The molecule has 2 atom stereocenters. The van der Waals surface area contributed by atoms with Crippen molar-refractivity contribution >= 4 is 5.91 Å². The topological polar surface area (TPSA) is 20.3 Å². The summed E-state index contributed by atoms with van der Waals surface area (Å²) in [6, 6.07) is 9.56. The molecule has 1 saturated heterocycles. The smallest absolute Gasteiger partial charge is 0.226 e. The molecule has 1 saturated carbocycles. The van der Waals surface area contributed by atoms with Crippen LogP contribution < -0.4 is 0 Å². The monoisotopic (exact) mass is 227 g/mol. The lowest BCUT2D eigenvalue weighted by Gasteiger charge is -2.36. The first-order valence-corrected chi connectivity index (χ1v) is 6.74. The quantitative estimate of drug-likeness (QED) is 0.722. The van der Waals surface area contributed by atoms with E-state index in [1.807, 2.05) is 0 Å². The van der Waals surface area contributed by atoms with Crippen LogP contribution in [0.5, 0.6) is 0 Å². The predicted molar refractivity (Wildman–Crippen MR) is 65.5 cm³/mol. The summed E-state index contributed by atoms with van der Waals surface area (Å²) in [5, 5.41) is 0. The minimum absolute atomic E-state index is 0.364. The van der Waals surface area contributed by atoms with Crippen molar-refractivity contribution in [2.45, 2.75) is 44.2 Å². The molecule has 17 heavy (non-hydrogen) atoms. The van der Waals surface area contributed by atoms with Crippen LogP contribution in [0.25, 0.3) is 0 Å². The van der Waals surface area contributed by atoms with Crippen molar-refractivity contribution in [2.75, 3.05) is 0 Å². The number of amides is 1. The van der Waals surface area contributed by atoms with Crippen molar-refractivity contribution in [3.8, 4) is 0 Å². The van der Waals surface area contributed by atoms with Gasteiger partial charge in [-0.25, -0.2) is 0 Å². The van der Waals surface area contributed by atoms with Gasteiger partial charge in [-0.05, 0) is 43.2 Å². The van der Waals surface area contributed by atoms with Gasteiger partial charge in [-0.3, -0.25) is 4.79 Å². The summed E-state index contributed by atoms with van der Waals surface area (Å²) in [7, 11) is 0. The highest BCUT2D eigenvalue weighted by Crippen LogP contribution is 2.46. The van der Waals surface area contributed by atoms with Crippen LogP contribution in [0.1, 0.15) is 42.9 Å². The number of carbonyl (C=O) groups is 1. The molecule has 88 valence electrons. The largest absolute Gasteiger partial charge is 0.332 e. The molecule has 2 aliphatic heterocycles. The van der Waals surface area contributed by atoms with Crippen LogP contribution in [-0.4, -0.2) is 16.8 Å². The Balaban J connectivity index is 1.74. The summed E-state index contributed by atoms with van der Waals surface area (Å²) in [5.74, 6) is 0.801. The molecular formula is C15H17NO. The Morgan fingerprint density at radius 1 is 1.12 bits per heavy atom. The second-order valence-electron chi connectivity index (χ2n) is 5.67. The van der Waals surface area contributed by atoms with Gasteiger partial charge in [-0.2, -0.15) is 0 Å². The highest BCUT2D eigenvalue weighted by atomic mass is 16.2. The minimum Gasteiger partial charge on any atom is -0.332 e. The van der Waals surface area contributed by atoms with Gasteiger partial charge >= 0.3 is 0 Å². The fourth-order valence-corrected chi connectivity index (χ4v) is 3.56. The van der Waals surface area contributed by atoms with E-state index in [9.17, 15) is 4.79 Å². The highest BCUT2D eigenvalue weighted by molar-refractivity contribution is 5.82. The maximum Gasteiger partial charge on any atom is 0.226 e. The first kappa shape index (κ1) is 9.69. The summed E-state index contributed by atoms with van der Waals surface area (Å²) >= 11 is 0. The zero-order valence-corrected chi connectivity index (χ0v) is 9.93. The van der Waals surface area contributed by atoms with Crippen molar-refractivity contribution in [1.29, 1.82) is 0 Å². The fourth-order valence-electron chi connectivity index (χ4n) is 3.56. The first-order valence-electron chi connectivity index (χ1n) is 6.74. The van der Waals surface area contributed by atoms with Crippen molar-refractivity contribution in [2.24, 2.45) is 5.92 Å². The SMILES string of the molecule is O=C(C1CC1)N1C2CCC1c1ccccc1C2. The van der Waals surface area contributed by atoms with Crippen LogP contribution in [-0.2, 0) is 11.2 Å². The lowest BCUT2D eigenvalue weighted by atomic mass is 9.93. The first-order chi connectivity index (χ1) is 8.34. The molecule has 2 unspecified atom stereocenters. The van der Waals surface area contributed by atoms with Gasteiger partial charge in [0.1, 0.15) is 0 Å². The normalized spacial score (nSPS) is 30.2. The van der Waals surface area contributed by atoms with E-state index in [1.165, 1.54) is 24.0 Å². The summed E-state index contributed by atoms with van der Waals surface area (Å²) in [6.45, 7) is 0. The minimum atomic E-state index is 0.364. The van der Waals surface area contributed by atoms with Crippen molar-refractivity contribution in [1.82, 2.24) is 4.90 Å². The molecule has 2 bridgehead atoms. The zero-order chi connectivity index (χ0) is 11.4. The van der Waals surface area contributed by atoms with Crippen LogP contribution in [0.15, 0.2) is 24.3 Å². The van der Waals surface area contributed by atoms with Gasteiger partial charge in [-0.1, -0.05) is 24.3 Å². The van der Waals surface area contributed by atoms with Crippen LogP contribution in [0, 0.1) is 5.92 Å². The Labute approximate surface area is 102 Å². The average Bonchev–Trinajstić information content (AvgIpc) is 3.14. The summed E-state index contributed by atoms with van der Waals surface area (Å²) in [6.07, 6.45) is 5.68. The lowest BCUT2D eigenvalue weighted by Crippen LogP contribution is -2.42. The number of benzene rings is 1. The Kier molecular flexibility index (Phi) is 1.91. The summed E-state index contributed by atoms with van der Waals surface area (Å²) < 4.78 is 0. The number of rotatable bonds is 1. The number of hydrogen-bond donors (Lipinski definition) is 0. The molecule has 0 aromatic heterocycles. The zero-order valence-electron chi connectivity index (χ0n) is 9.93. The van der Waals surface area contributed by atoms with Crippen LogP contribution in [0.4, 0.5) is 0 Å². The van der Waals surface area contributed by atoms with E-state index in [2.05, 4.69) is 29.2 Å². The molecule has 0 spiro atoms. The fraction of sp³-hybridized carbons (Fsp3) is 0.533. The van der Waals surface area contributed by atoms with Gasteiger partial charge in [-0.15, -0.1) is 0 Å². The molecule has 2 nitrogen and oxygen atoms in total. The molecule has 0 radical (unpaired) electrons. The van der Waals surface area contributed by atoms with Crippen LogP contribution in [0.3, 0.4) is 0 Å². The summed E-state index contributed by atoms with van der Waals surface area (Å²) in [5.41, 5.74) is 2.88. The van der Waals surface area contributed by atoms with E-state index in [4.69, 9.17) is 0 Å². The average molecular weight is 227 g/mol. The maximum absolute atomic E-state index is 12.4. The molecule has 2 heteroatoms. The Hall–Kier alpha value is -1.31. The molecule has 1 aliphatic carbocycles. The molecule has 4 rings (SSSR count). The standard InChI is InChI=1S/C15H17NO/c17-15(10-5-6-10)16-12-7-8-14(16)13-4-2-1-3-11(13)9-12/h1-4,10,12,14H,5-9H2. The highest BCUT2D eigenvalue weighted by Gasteiger charge is 2.46. The van der Waals surface area contributed by atoms with Gasteiger partial charge in [0.2, 0.25) is 5.91 Å². The van der Waals surface area contributed by atoms with Gasteiger partial charge in [0.15, 0.2) is 0 Å². The molecule has 1 amide bonds. The van der Waals surface area contributed by atoms with E-state index < -0.39 is 0 Å². The molecular weight excluding hydrogens is 210 g/mol. The molecule has 3 aliphatic rings. The number of hydrogen-bond acceptors (Lipinski definition) is 1. The van der Waals surface area contributed by atoms with E-state index in [0.29, 0.717) is 23.9 Å². The van der Waals surface area contributed by atoms with Crippen LogP contribution in [0.2, 0.25) is 0 Å². The van der Waals surface area contributed by atoms with E-state index in [-0.39, 0.29) is 0 Å². The number of nitrogens with zero attached hydrogens (tertiary/aromatic N) is 1. The molecule has 2 fully saturated rings. The van der Waals surface area contributed by atoms with E-state index in [1.54, 1.807) is 0 Å². The van der Waals surface area contributed by atoms with Gasteiger partial charge in [0, 0.05) is 12.0 Å². The third-order valence-electron chi connectivity index (χ3n) is 4.55. The molecule has 1 aromatic rings. The molecule has 1 aromatic carbocycles. The van der Waals surface area contributed by atoms with Gasteiger partial charge in [0.05, 0.1) is 6.04 Å². The van der Waals surface area contributed by atoms with Crippen molar-refractivity contribution in [3.63, 3.8) is 0 Å². The third kappa shape index (κ3) is 1.36. The molecule has 2 heterocycles. The van der Waals surface area contributed by atoms with E-state index in [0.717, 1.165) is 19.3 Å².